The SMILES string of the molecule is CC(=O)N[C@H]1[C@@H](O[C@@H]2[C@@H](O)[C@@H](O)O[C@H](CO)[C@@H]2O)O[C@H](CO)[C@H](O)[C@@H]1O[C@@H]1O[C@H](CO)[C@H](O)[C@H](O[C@H]2O[C@H](CO)[C@H](O)[C@H](O)[C@H]2O)[C@H]1O[C@@H]1O[C@@H](C)[C@@H](O)[C@@H](O)[C@@H]1O. The molecular weight excluding hydrogens is 798 g/mol. The second-order valence-electron chi connectivity index (χ2n) is 14.7. The molecule has 0 spiro atoms. The summed E-state index contributed by atoms with van der Waals surface area (Å²) in [5, 5.41) is 160. The molecule has 0 aromatic rings. The van der Waals surface area contributed by atoms with Gasteiger partial charge in [0.1, 0.15) is 116 Å². The van der Waals surface area contributed by atoms with Crippen LogP contribution in [-0.2, 0) is 47.4 Å². The number of amides is 1. The number of nitrogens with one attached hydrogen (secondary N) is 1. The first-order chi connectivity index (χ1) is 27.4. The summed E-state index contributed by atoms with van der Waals surface area (Å²) >= 11 is 0. The normalized spacial score (nSPS) is 51.6. The summed E-state index contributed by atoms with van der Waals surface area (Å²) in [5.41, 5.74) is 0. The van der Waals surface area contributed by atoms with Crippen LogP contribution in [0.3, 0.4) is 0 Å². The van der Waals surface area contributed by atoms with Crippen molar-refractivity contribution in [3.8, 4) is 0 Å². The van der Waals surface area contributed by atoms with Crippen LogP contribution >= 0.6 is 0 Å². The maximum atomic E-state index is 12.6. The number of aliphatic hydroxyl groups excluding tert-OH is 15. The van der Waals surface area contributed by atoms with Gasteiger partial charge in [-0.1, -0.05) is 0 Å². The minimum absolute atomic E-state index is 0.822. The summed E-state index contributed by atoms with van der Waals surface area (Å²) in [6.07, 6.45) is -44.3. The second kappa shape index (κ2) is 20.1. The van der Waals surface area contributed by atoms with Crippen molar-refractivity contribution in [3.05, 3.63) is 0 Å². The molecule has 0 radical (unpaired) electrons. The average molecular weight is 854 g/mol. The fourth-order valence-corrected chi connectivity index (χ4v) is 7.34. The molecule has 0 aromatic carbocycles. The van der Waals surface area contributed by atoms with Crippen molar-refractivity contribution in [2.24, 2.45) is 0 Å². The molecule has 5 fully saturated rings. The van der Waals surface area contributed by atoms with Gasteiger partial charge in [-0.05, 0) is 6.92 Å². The van der Waals surface area contributed by atoms with E-state index in [9.17, 15) is 81.4 Å². The smallest absolute Gasteiger partial charge is 0.217 e. The van der Waals surface area contributed by atoms with E-state index < -0.39 is 186 Å². The zero-order valence-electron chi connectivity index (χ0n) is 31.1. The average Bonchev–Trinajstić information content (AvgIpc) is 3.19. The summed E-state index contributed by atoms with van der Waals surface area (Å²) in [5.74, 6) is -0.822. The molecule has 0 bridgehead atoms. The Bertz CT molecular complexity index is 1310. The number of hydrogen-bond donors (Lipinski definition) is 16. The van der Waals surface area contributed by atoms with Crippen LogP contribution in [0.25, 0.3) is 0 Å². The zero-order chi connectivity index (χ0) is 42.9. The highest BCUT2D eigenvalue weighted by Gasteiger charge is 2.58. The lowest BCUT2D eigenvalue weighted by molar-refractivity contribution is -0.403. The Balaban J connectivity index is 1.54. The quantitative estimate of drug-likeness (QED) is 0.0818. The van der Waals surface area contributed by atoms with E-state index in [-0.39, 0.29) is 0 Å². The molecule has 5 aliphatic rings. The van der Waals surface area contributed by atoms with Crippen molar-refractivity contribution < 1.29 is 124 Å². The van der Waals surface area contributed by atoms with E-state index in [2.05, 4.69) is 5.32 Å². The summed E-state index contributed by atoms with van der Waals surface area (Å²) in [6.45, 7) is -1.39. The summed E-state index contributed by atoms with van der Waals surface area (Å²) in [6, 6.07) is -1.72. The predicted molar refractivity (Wildman–Crippen MR) is 177 cm³/mol. The van der Waals surface area contributed by atoms with Crippen LogP contribution in [0.5, 0.6) is 0 Å². The lowest BCUT2D eigenvalue weighted by Gasteiger charge is -2.51. The molecule has 338 valence electrons. The Morgan fingerprint density at radius 1 is 0.448 bits per heavy atom. The van der Waals surface area contributed by atoms with Gasteiger partial charge in [-0.2, -0.15) is 0 Å². The first-order valence-electron chi connectivity index (χ1n) is 18.5. The molecule has 0 saturated carbocycles. The molecule has 5 saturated heterocycles. The lowest BCUT2D eigenvalue weighted by Crippen LogP contribution is -2.71. The topological polar surface area (TPSA) is 416 Å². The van der Waals surface area contributed by atoms with Crippen molar-refractivity contribution in [1.29, 1.82) is 0 Å². The summed E-state index contributed by atoms with van der Waals surface area (Å²) < 4.78 is 51.4. The fraction of sp³-hybridized carbons (Fsp3) is 0.969. The van der Waals surface area contributed by atoms with Crippen molar-refractivity contribution in [3.63, 3.8) is 0 Å². The van der Waals surface area contributed by atoms with E-state index in [1.54, 1.807) is 0 Å². The van der Waals surface area contributed by atoms with Gasteiger partial charge in [0.05, 0.1) is 32.5 Å². The van der Waals surface area contributed by atoms with E-state index in [4.69, 9.17) is 42.6 Å². The molecule has 26 nitrogen and oxygen atoms in total. The minimum atomic E-state index is -2.07. The highest BCUT2D eigenvalue weighted by atomic mass is 16.8. The predicted octanol–water partition coefficient (Wildman–Crippen LogP) is -10.8. The molecule has 5 rings (SSSR count). The molecule has 1 amide bonds. The molecular formula is C32H55NO25. The Morgan fingerprint density at radius 3 is 1.43 bits per heavy atom. The van der Waals surface area contributed by atoms with E-state index in [1.807, 2.05) is 0 Å². The van der Waals surface area contributed by atoms with E-state index in [1.165, 1.54) is 6.92 Å². The van der Waals surface area contributed by atoms with Gasteiger partial charge in [0.2, 0.25) is 5.91 Å². The monoisotopic (exact) mass is 853 g/mol. The third kappa shape index (κ3) is 9.75. The first kappa shape index (κ1) is 47.6. The molecule has 0 aliphatic carbocycles. The van der Waals surface area contributed by atoms with Gasteiger partial charge in [0.25, 0.3) is 0 Å². The Kier molecular flexibility index (Phi) is 16.5. The number of rotatable bonds is 13. The molecule has 16 N–H and O–H groups in total. The zero-order valence-corrected chi connectivity index (χ0v) is 31.1. The summed E-state index contributed by atoms with van der Waals surface area (Å²) in [4.78, 5) is 12.6. The number of carbonyl (C=O) groups is 1. The number of aliphatic hydroxyl groups is 15. The maximum Gasteiger partial charge on any atom is 0.217 e. The third-order valence-electron chi connectivity index (χ3n) is 10.7. The van der Waals surface area contributed by atoms with E-state index >= 15 is 0 Å². The van der Waals surface area contributed by atoms with Crippen LogP contribution in [0.1, 0.15) is 13.8 Å². The van der Waals surface area contributed by atoms with Gasteiger partial charge in [0.15, 0.2) is 31.5 Å². The largest absolute Gasteiger partial charge is 0.394 e. The van der Waals surface area contributed by atoms with Gasteiger partial charge < -0.3 is 125 Å². The lowest BCUT2D eigenvalue weighted by atomic mass is 9.94. The fourth-order valence-electron chi connectivity index (χ4n) is 7.34. The van der Waals surface area contributed by atoms with E-state index in [0.29, 0.717) is 0 Å². The standard InChI is InChI=1S/C32H55NO25/c1-7-14(39)19(44)21(46)30(50-7)58-27-26(57-31-22(47)20(45)15(40)9(3-34)53-31)18(43)12(6-37)54-32(27)55-24-13(33-8(2)38)29(52-11(5-36)16(24)41)56-25-17(42)10(4-35)51-28(49)23(25)48/h7,9-32,34-37,39-49H,3-6H2,1-2H3,(H,33,38)/t7-,9+,10+,11+,12+,13+,14+,15-,16-,17-,18-,19+,20-,21-,22+,23+,24+,25-,26-,27+,28-,29+,30-,31+,32-/m0/s1. The van der Waals surface area contributed by atoms with E-state index in [0.717, 1.165) is 6.92 Å². The van der Waals surface area contributed by atoms with Gasteiger partial charge in [-0.3, -0.25) is 4.79 Å². The van der Waals surface area contributed by atoms with Crippen LogP contribution in [0, 0.1) is 0 Å². The molecule has 5 heterocycles. The third-order valence-corrected chi connectivity index (χ3v) is 10.7. The Hall–Kier alpha value is -1.49. The van der Waals surface area contributed by atoms with Gasteiger partial charge in [-0.15, -0.1) is 0 Å². The number of carbonyl (C=O) groups excluding carboxylic acids is 1. The Morgan fingerprint density at radius 2 is 0.862 bits per heavy atom. The highest BCUT2D eigenvalue weighted by molar-refractivity contribution is 5.73. The molecule has 0 aromatic heterocycles. The molecule has 5 aliphatic heterocycles. The van der Waals surface area contributed by atoms with Gasteiger partial charge in [0, 0.05) is 6.92 Å². The second-order valence-corrected chi connectivity index (χ2v) is 14.7. The minimum Gasteiger partial charge on any atom is -0.394 e. The van der Waals surface area contributed by atoms with Crippen LogP contribution in [0.2, 0.25) is 0 Å². The number of hydrogen-bond acceptors (Lipinski definition) is 25. The molecule has 26 heteroatoms. The van der Waals surface area contributed by atoms with Crippen LogP contribution in [0.15, 0.2) is 0 Å². The first-order valence-corrected chi connectivity index (χ1v) is 18.5. The van der Waals surface area contributed by atoms with Crippen molar-refractivity contribution in [1.82, 2.24) is 5.32 Å². The van der Waals surface area contributed by atoms with Crippen LogP contribution < -0.4 is 5.32 Å². The van der Waals surface area contributed by atoms with Crippen LogP contribution in [0.4, 0.5) is 0 Å². The maximum absolute atomic E-state index is 12.6. The van der Waals surface area contributed by atoms with Gasteiger partial charge >= 0.3 is 0 Å². The molecule has 25 atom stereocenters. The Labute approximate surface area is 329 Å². The molecule has 58 heavy (non-hydrogen) atoms. The van der Waals surface area contributed by atoms with Crippen molar-refractivity contribution in [2.75, 3.05) is 26.4 Å². The molecule has 0 unspecified atom stereocenters. The van der Waals surface area contributed by atoms with Crippen molar-refractivity contribution >= 4 is 5.91 Å². The highest BCUT2D eigenvalue weighted by Crippen LogP contribution is 2.37. The van der Waals surface area contributed by atoms with Crippen molar-refractivity contribution in [2.45, 2.75) is 167 Å². The van der Waals surface area contributed by atoms with Gasteiger partial charge in [-0.25, -0.2) is 0 Å². The number of ether oxygens (including phenoxy) is 9. The van der Waals surface area contributed by atoms with Crippen LogP contribution in [-0.4, -0.2) is 262 Å². The summed E-state index contributed by atoms with van der Waals surface area (Å²) in [7, 11) is 0.